The van der Waals surface area contributed by atoms with Crippen molar-refractivity contribution in [2.45, 2.75) is 6.92 Å². The first-order chi connectivity index (χ1) is 11.1. The number of aromatic nitrogens is 2. The quantitative estimate of drug-likeness (QED) is 0.693. The minimum Gasteiger partial charge on any atom is -0.496 e. The van der Waals surface area contributed by atoms with Crippen LogP contribution in [-0.4, -0.2) is 23.4 Å². The van der Waals surface area contributed by atoms with Gasteiger partial charge in [0.25, 0.3) is 0 Å². The van der Waals surface area contributed by atoms with Crippen molar-refractivity contribution in [3.8, 4) is 5.75 Å². The molecular weight excluding hydrogens is 358 g/mol. The average Bonchev–Trinajstić information content (AvgIpc) is 2.57. The topological polar surface area (TPSA) is 64.1 Å². The van der Waals surface area contributed by atoms with Crippen LogP contribution in [0.4, 0.5) is 11.5 Å². The predicted octanol–water partition coefficient (Wildman–Crippen LogP) is 4.27. The number of methoxy groups -OCH3 is 1. The molecule has 0 unspecified atom stereocenters. The highest BCUT2D eigenvalue weighted by atomic mass is 79.9. The summed E-state index contributed by atoms with van der Waals surface area (Å²) >= 11 is 3.52. The van der Waals surface area contributed by atoms with Crippen LogP contribution in [0.5, 0.6) is 5.75 Å². The number of anilines is 2. The Morgan fingerprint density at radius 3 is 2.74 bits per heavy atom. The molecule has 0 aliphatic rings. The molecule has 0 bridgehead atoms. The number of hydrogen-bond donors (Lipinski definition) is 1. The second kappa shape index (κ2) is 6.34. The first kappa shape index (κ1) is 15.4. The summed E-state index contributed by atoms with van der Waals surface area (Å²) in [5.74, 6) is 1.13. The highest BCUT2D eigenvalue weighted by Gasteiger charge is 2.10. The summed E-state index contributed by atoms with van der Waals surface area (Å²) in [6, 6.07) is 9.42. The van der Waals surface area contributed by atoms with E-state index >= 15 is 0 Å². The molecule has 3 aromatic rings. The molecule has 0 fully saturated rings. The summed E-state index contributed by atoms with van der Waals surface area (Å²) in [5, 5.41) is 4.02. The zero-order valence-corrected chi connectivity index (χ0v) is 14.2. The maximum absolute atomic E-state index is 11.2. The summed E-state index contributed by atoms with van der Waals surface area (Å²) in [4.78, 5) is 19.8. The van der Waals surface area contributed by atoms with Gasteiger partial charge in [-0.25, -0.2) is 9.97 Å². The third kappa shape index (κ3) is 3.03. The molecule has 2 aromatic carbocycles. The van der Waals surface area contributed by atoms with Gasteiger partial charge in [0.15, 0.2) is 6.29 Å². The average molecular weight is 372 g/mol. The van der Waals surface area contributed by atoms with E-state index in [-0.39, 0.29) is 0 Å². The van der Waals surface area contributed by atoms with Gasteiger partial charge in [0.1, 0.15) is 17.9 Å². The van der Waals surface area contributed by atoms with Crippen LogP contribution in [0.1, 0.15) is 15.9 Å². The summed E-state index contributed by atoms with van der Waals surface area (Å²) in [6.45, 7) is 2.02. The van der Waals surface area contributed by atoms with Crippen molar-refractivity contribution in [3.05, 3.63) is 52.3 Å². The Balaban J connectivity index is 2.09. The Hall–Kier alpha value is -2.47. The van der Waals surface area contributed by atoms with Crippen molar-refractivity contribution >= 4 is 44.6 Å². The Bertz CT molecular complexity index is 896. The molecule has 6 heteroatoms. The molecule has 1 N–H and O–H groups in total. The van der Waals surface area contributed by atoms with Crippen molar-refractivity contribution in [1.82, 2.24) is 9.97 Å². The van der Waals surface area contributed by atoms with Crippen molar-refractivity contribution in [3.63, 3.8) is 0 Å². The second-order valence-corrected chi connectivity index (χ2v) is 5.89. The lowest BCUT2D eigenvalue weighted by atomic mass is 10.1. The largest absolute Gasteiger partial charge is 0.496 e. The highest BCUT2D eigenvalue weighted by molar-refractivity contribution is 9.10. The SMILES string of the molecule is COc1cc2ncnc(Nc3ccc(C)c(Br)c3)c2cc1C=O. The number of carbonyl (C=O) groups excluding carboxylic acids is 1. The Morgan fingerprint density at radius 2 is 2.04 bits per heavy atom. The Kier molecular flexibility index (Phi) is 4.25. The van der Waals surface area contributed by atoms with Crippen molar-refractivity contribution in [2.75, 3.05) is 12.4 Å². The van der Waals surface area contributed by atoms with E-state index in [1.54, 1.807) is 12.1 Å². The fourth-order valence-corrected chi connectivity index (χ4v) is 2.66. The number of fused-ring (bicyclic) bond motifs is 1. The molecule has 0 saturated heterocycles. The smallest absolute Gasteiger partial charge is 0.153 e. The normalized spacial score (nSPS) is 10.6. The monoisotopic (exact) mass is 371 g/mol. The molecule has 0 amide bonds. The van der Waals surface area contributed by atoms with Gasteiger partial charge < -0.3 is 10.1 Å². The maximum atomic E-state index is 11.2. The lowest BCUT2D eigenvalue weighted by Gasteiger charge is -2.11. The standard InChI is InChI=1S/C17H14BrN3O2/c1-10-3-4-12(6-14(10)18)21-17-13-5-11(8-22)16(23-2)7-15(13)19-9-20-17/h3-9H,1-2H3,(H,19,20,21). The number of rotatable bonds is 4. The third-order valence-corrected chi connectivity index (χ3v) is 4.40. The predicted molar refractivity (Wildman–Crippen MR) is 93.6 cm³/mol. The van der Waals surface area contributed by atoms with Crippen LogP contribution in [0.3, 0.4) is 0 Å². The van der Waals surface area contributed by atoms with Crippen molar-refractivity contribution in [1.29, 1.82) is 0 Å². The minimum atomic E-state index is 0.461. The van der Waals surface area contributed by atoms with Crippen molar-refractivity contribution in [2.24, 2.45) is 0 Å². The first-order valence-corrected chi connectivity index (χ1v) is 7.73. The molecule has 1 aromatic heterocycles. The summed E-state index contributed by atoms with van der Waals surface area (Å²) in [6.07, 6.45) is 2.24. The molecule has 0 saturated carbocycles. The molecule has 0 radical (unpaired) electrons. The van der Waals surface area contributed by atoms with Gasteiger partial charge in [0.05, 0.1) is 18.2 Å². The molecular formula is C17H14BrN3O2. The summed E-state index contributed by atoms with van der Waals surface area (Å²) in [7, 11) is 1.53. The molecule has 116 valence electrons. The molecule has 1 heterocycles. The number of benzene rings is 2. The van der Waals surface area contributed by atoms with Gasteiger partial charge in [-0.1, -0.05) is 22.0 Å². The lowest BCUT2D eigenvalue weighted by Crippen LogP contribution is -1.98. The van der Waals surface area contributed by atoms with E-state index in [1.807, 2.05) is 25.1 Å². The number of halogens is 1. The maximum Gasteiger partial charge on any atom is 0.153 e. The number of aldehydes is 1. The van der Waals surface area contributed by atoms with Gasteiger partial charge in [0, 0.05) is 21.6 Å². The number of nitrogens with one attached hydrogen (secondary N) is 1. The molecule has 5 nitrogen and oxygen atoms in total. The van der Waals surface area contributed by atoms with Gasteiger partial charge in [-0.2, -0.15) is 0 Å². The number of ether oxygens (including phenoxy) is 1. The highest BCUT2D eigenvalue weighted by Crippen LogP contribution is 2.30. The minimum absolute atomic E-state index is 0.461. The Morgan fingerprint density at radius 1 is 1.22 bits per heavy atom. The van der Waals surface area contributed by atoms with Crippen LogP contribution in [0, 0.1) is 6.92 Å². The molecule has 0 aliphatic carbocycles. The van der Waals surface area contributed by atoms with Crippen LogP contribution in [0.2, 0.25) is 0 Å². The third-order valence-electron chi connectivity index (χ3n) is 3.55. The number of aryl methyl sites for hydroxylation is 1. The molecule has 0 spiro atoms. The van der Waals surface area contributed by atoms with Gasteiger partial charge in [-0.05, 0) is 30.7 Å². The number of hydrogen-bond acceptors (Lipinski definition) is 5. The summed E-state index contributed by atoms with van der Waals surface area (Å²) < 4.78 is 6.22. The fraction of sp³-hybridized carbons (Fsp3) is 0.118. The summed E-state index contributed by atoms with van der Waals surface area (Å²) in [5.41, 5.74) is 3.21. The molecule has 0 atom stereocenters. The van der Waals surface area contributed by atoms with E-state index < -0.39 is 0 Å². The van der Waals surface area contributed by atoms with E-state index in [4.69, 9.17) is 4.74 Å². The van der Waals surface area contributed by atoms with E-state index in [0.29, 0.717) is 22.6 Å². The zero-order chi connectivity index (χ0) is 16.4. The number of nitrogens with zero attached hydrogens (tertiary/aromatic N) is 2. The van der Waals surface area contributed by atoms with E-state index in [1.165, 1.54) is 13.4 Å². The molecule has 3 rings (SSSR count). The zero-order valence-electron chi connectivity index (χ0n) is 12.6. The van der Waals surface area contributed by atoms with Crippen molar-refractivity contribution < 1.29 is 9.53 Å². The number of carbonyl (C=O) groups is 1. The van der Waals surface area contributed by atoms with Gasteiger partial charge in [-0.15, -0.1) is 0 Å². The lowest BCUT2D eigenvalue weighted by molar-refractivity contribution is 0.112. The van der Waals surface area contributed by atoms with E-state index in [2.05, 4.69) is 31.2 Å². The molecule has 23 heavy (non-hydrogen) atoms. The second-order valence-electron chi connectivity index (χ2n) is 5.04. The van der Waals surface area contributed by atoms with Gasteiger partial charge in [0.2, 0.25) is 0 Å². The van der Waals surface area contributed by atoms with E-state index in [9.17, 15) is 4.79 Å². The van der Waals surface area contributed by atoms with E-state index in [0.717, 1.165) is 27.4 Å². The van der Waals surface area contributed by atoms with Crippen LogP contribution in [-0.2, 0) is 0 Å². The Labute approximate surface area is 141 Å². The first-order valence-electron chi connectivity index (χ1n) is 6.93. The van der Waals surface area contributed by atoms with Gasteiger partial charge >= 0.3 is 0 Å². The van der Waals surface area contributed by atoms with Crippen LogP contribution in [0.15, 0.2) is 41.1 Å². The molecule has 0 aliphatic heterocycles. The van der Waals surface area contributed by atoms with Crippen LogP contribution in [0.25, 0.3) is 10.9 Å². The van der Waals surface area contributed by atoms with Crippen LogP contribution >= 0.6 is 15.9 Å². The van der Waals surface area contributed by atoms with Gasteiger partial charge in [-0.3, -0.25) is 4.79 Å². The van der Waals surface area contributed by atoms with Crippen LogP contribution < -0.4 is 10.1 Å². The fourth-order valence-electron chi connectivity index (χ4n) is 2.28.